The molecule has 2 aromatic rings. The number of H-pyrrole nitrogens is 1. The van der Waals surface area contributed by atoms with E-state index in [0.717, 1.165) is 24.5 Å². The number of hydrogen-bond acceptors (Lipinski definition) is 5. The number of ether oxygens (including phenoxy) is 1. The Morgan fingerprint density at radius 2 is 1.79 bits per heavy atom. The van der Waals surface area contributed by atoms with Gasteiger partial charge in [-0.3, -0.25) is 14.9 Å². The summed E-state index contributed by atoms with van der Waals surface area (Å²) in [5.74, 6) is -1.40. The van der Waals surface area contributed by atoms with E-state index in [1.807, 2.05) is 13.8 Å². The molecule has 2 fully saturated rings. The van der Waals surface area contributed by atoms with Gasteiger partial charge in [0.05, 0.1) is 16.8 Å². The van der Waals surface area contributed by atoms with E-state index in [9.17, 15) is 23.5 Å². The predicted octanol–water partition coefficient (Wildman–Crippen LogP) is 8.32. The predicted molar refractivity (Wildman–Crippen MR) is 167 cm³/mol. The number of carbonyl (C=O) groups is 2. The summed E-state index contributed by atoms with van der Waals surface area (Å²) < 4.78 is 33.3. The average Bonchev–Trinajstić information content (AvgIpc) is 3.36. The molecular weight excluding hydrogens is 578 g/mol. The Hall–Kier alpha value is -3.24. The number of hydrogen-bond donors (Lipinski definition) is 2. The van der Waals surface area contributed by atoms with Gasteiger partial charge in [-0.1, -0.05) is 46.2 Å². The number of likely N-dealkylation sites (tertiary alicyclic amines) is 1. The van der Waals surface area contributed by atoms with E-state index in [1.165, 1.54) is 6.07 Å². The highest BCUT2D eigenvalue weighted by molar-refractivity contribution is 6.31. The molecule has 1 aromatic heterocycles. The van der Waals surface area contributed by atoms with Crippen molar-refractivity contribution < 1.29 is 28.2 Å². The number of nitrogens with one attached hydrogen (secondary N) is 1. The Labute approximate surface area is 258 Å². The quantitative estimate of drug-likeness (QED) is 0.301. The monoisotopic (exact) mass is 622 g/mol. The van der Waals surface area contributed by atoms with Crippen molar-refractivity contribution in [3.63, 3.8) is 0 Å². The molecule has 2 saturated heterocycles. The molecule has 3 heterocycles. The number of aryl methyl sites for hydroxylation is 1. The first-order valence-electron chi connectivity index (χ1n) is 14.8. The van der Waals surface area contributed by atoms with Gasteiger partial charge in [0.1, 0.15) is 17.3 Å². The lowest BCUT2D eigenvalue weighted by Gasteiger charge is -2.45. The molecule has 238 valence electrons. The minimum atomic E-state index is -1.01. The van der Waals surface area contributed by atoms with Crippen molar-refractivity contribution in [2.75, 3.05) is 24.5 Å². The first-order valence-corrected chi connectivity index (χ1v) is 15.1. The number of benzene rings is 1. The number of allylic oxidation sites excluding steroid dienone is 4. The van der Waals surface area contributed by atoms with E-state index < -0.39 is 29.3 Å². The maximum atomic E-state index is 14.3. The van der Waals surface area contributed by atoms with Crippen LogP contribution in [0.3, 0.4) is 0 Å². The van der Waals surface area contributed by atoms with Crippen LogP contribution < -0.4 is 4.90 Å². The molecule has 11 heteroatoms. The number of aromatic nitrogens is 2. The minimum Gasteiger partial charge on any atom is -0.478 e. The van der Waals surface area contributed by atoms with E-state index in [4.69, 9.17) is 16.3 Å². The van der Waals surface area contributed by atoms with Crippen LogP contribution in [-0.4, -0.2) is 57.5 Å². The maximum Gasteiger partial charge on any atom is 0.414 e. The second-order valence-electron chi connectivity index (χ2n) is 11.3. The summed E-state index contributed by atoms with van der Waals surface area (Å²) in [6.45, 7) is 15.8. The summed E-state index contributed by atoms with van der Waals surface area (Å²) in [6.07, 6.45) is 4.12. The van der Waals surface area contributed by atoms with Crippen LogP contribution in [0.5, 0.6) is 0 Å². The number of carboxylic acids is 1. The Bertz CT molecular complexity index is 1290. The van der Waals surface area contributed by atoms with Gasteiger partial charge in [-0.2, -0.15) is 5.10 Å². The molecule has 1 spiro atoms. The molecule has 0 saturated carbocycles. The standard InChI is InChI=1S/C26H29ClF2N4O4.C4H10.C2H6/c1-16-11-20(3-4-21(16)24(34)35)33-10-7-26(37-25(33)36)5-8-32(9-6-26)15-18-14-30-31-23(18)13-19(29)12-22(27)17(2)28;1-4(2)3;1-2/h3-4,11-12,14H,5-10,13,15H2,1-2H3,(H,30,31)(H,34,35);4H,1-3H3;1-2H3/b19-12+,22-17-;;. The third-order valence-electron chi connectivity index (χ3n) is 6.99. The number of aromatic amines is 1. The third-order valence-corrected chi connectivity index (χ3v) is 7.36. The first-order chi connectivity index (χ1) is 20.3. The molecule has 0 unspecified atom stereocenters. The molecule has 0 radical (unpaired) electrons. The lowest BCUT2D eigenvalue weighted by molar-refractivity contribution is -0.0496. The van der Waals surface area contributed by atoms with Crippen LogP contribution >= 0.6 is 11.6 Å². The molecule has 4 rings (SSSR count). The number of amides is 1. The van der Waals surface area contributed by atoms with Crippen molar-refractivity contribution in [3.8, 4) is 0 Å². The summed E-state index contributed by atoms with van der Waals surface area (Å²) >= 11 is 5.69. The van der Waals surface area contributed by atoms with E-state index >= 15 is 0 Å². The van der Waals surface area contributed by atoms with Crippen LogP contribution in [0.25, 0.3) is 0 Å². The smallest absolute Gasteiger partial charge is 0.414 e. The van der Waals surface area contributed by atoms with Gasteiger partial charge in [0, 0.05) is 68.8 Å². The van der Waals surface area contributed by atoms with Crippen molar-refractivity contribution in [3.05, 3.63) is 69.5 Å². The average molecular weight is 623 g/mol. The Kier molecular flexibility index (Phi) is 13.9. The van der Waals surface area contributed by atoms with Gasteiger partial charge >= 0.3 is 12.1 Å². The lowest BCUT2D eigenvalue weighted by atomic mass is 9.86. The Morgan fingerprint density at radius 3 is 2.33 bits per heavy atom. The molecule has 1 aromatic carbocycles. The van der Waals surface area contributed by atoms with Crippen molar-refractivity contribution in [1.29, 1.82) is 0 Å². The summed E-state index contributed by atoms with van der Waals surface area (Å²) in [4.78, 5) is 27.9. The van der Waals surface area contributed by atoms with Crippen molar-refractivity contribution in [2.24, 2.45) is 5.92 Å². The maximum absolute atomic E-state index is 14.3. The number of aromatic carboxylic acids is 1. The topological polar surface area (TPSA) is 98.8 Å². The van der Waals surface area contributed by atoms with E-state index in [2.05, 4.69) is 35.9 Å². The zero-order chi connectivity index (χ0) is 32.3. The summed E-state index contributed by atoms with van der Waals surface area (Å²) in [7, 11) is 0. The molecule has 8 nitrogen and oxygen atoms in total. The largest absolute Gasteiger partial charge is 0.478 e. The van der Waals surface area contributed by atoms with Gasteiger partial charge in [0.25, 0.3) is 0 Å². The van der Waals surface area contributed by atoms with Crippen molar-refractivity contribution in [2.45, 2.75) is 86.3 Å². The summed E-state index contributed by atoms with van der Waals surface area (Å²) in [5, 5.41) is 15.8. The third kappa shape index (κ3) is 10.5. The van der Waals surface area contributed by atoms with Crippen LogP contribution in [0.1, 0.15) is 88.0 Å². The number of rotatable bonds is 7. The summed E-state index contributed by atoms with van der Waals surface area (Å²) in [6, 6.07) is 4.82. The number of halogens is 3. The molecule has 0 bridgehead atoms. The molecule has 1 amide bonds. The molecule has 2 aliphatic heterocycles. The number of carboxylic acid groups (broad SMARTS) is 1. The molecule has 2 aliphatic rings. The van der Waals surface area contributed by atoms with Crippen molar-refractivity contribution in [1.82, 2.24) is 15.1 Å². The van der Waals surface area contributed by atoms with Crippen LogP contribution in [0.4, 0.5) is 19.3 Å². The molecular formula is C32H45ClF2N4O4. The zero-order valence-electron chi connectivity index (χ0n) is 26.3. The lowest BCUT2D eigenvalue weighted by Crippen LogP contribution is -2.54. The van der Waals surface area contributed by atoms with E-state index in [0.29, 0.717) is 62.4 Å². The Morgan fingerprint density at radius 1 is 1.19 bits per heavy atom. The molecule has 0 aliphatic carbocycles. The number of carbonyl (C=O) groups excluding carboxylic acids is 1. The van der Waals surface area contributed by atoms with Gasteiger partial charge in [-0.05, 0) is 49.6 Å². The fraction of sp³-hybridized carbons (Fsp3) is 0.531. The summed E-state index contributed by atoms with van der Waals surface area (Å²) in [5.41, 5.74) is 2.29. The van der Waals surface area contributed by atoms with Gasteiger partial charge < -0.3 is 9.84 Å². The second kappa shape index (κ2) is 16.6. The highest BCUT2D eigenvalue weighted by atomic mass is 35.5. The van der Waals surface area contributed by atoms with Gasteiger partial charge in [-0.15, -0.1) is 0 Å². The first kappa shape index (κ1) is 36.0. The van der Waals surface area contributed by atoms with Crippen LogP contribution in [0.15, 0.2) is 47.2 Å². The molecule has 43 heavy (non-hydrogen) atoms. The number of anilines is 1. The highest BCUT2D eigenvalue weighted by Crippen LogP contribution is 2.36. The number of piperidine rings is 1. The zero-order valence-corrected chi connectivity index (χ0v) is 27.0. The SMILES string of the molecule is C/C(F)=C(Cl)\C=C(\F)Cc1[nH]ncc1CN1CCC2(CC1)CCN(c1ccc(C(=O)O)c(C)c1)C(=O)O2.CC.CC(C)C. The van der Waals surface area contributed by atoms with E-state index in [1.54, 1.807) is 30.2 Å². The Balaban J connectivity index is 0.000000993. The van der Waals surface area contributed by atoms with Crippen molar-refractivity contribution >= 4 is 29.4 Å². The van der Waals surface area contributed by atoms with E-state index in [-0.39, 0.29) is 17.0 Å². The van der Waals surface area contributed by atoms with Gasteiger partial charge in [-0.25, -0.2) is 18.4 Å². The number of nitrogens with zero attached hydrogens (tertiary/aromatic N) is 3. The fourth-order valence-electron chi connectivity index (χ4n) is 4.78. The van der Waals surface area contributed by atoms with Crippen LogP contribution in [0.2, 0.25) is 0 Å². The van der Waals surface area contributed by atoms with Gasteiger partial charge in [0.15, 0.2) is 0 Å². The second-order valence-corrected chi connectivity index (χ2v) is 11.7. The fourth-order valence-corrected chi connectivity index (χ4v) is 4.90. The molecule has 0 atom stereocenters. The molecule has 2 N–H and O–H groups in total. The highest BCUT2D eigenvalue weighted by Gasteiger charge is 2.43. The normalized spacial score (nSPS) is 17.4. The van der Waals surface area contributed by atoms with Crippen LogP contribution in [0, 0.1) is 12.8 Å². The minimum absolute atomic E-state index is 0.0724. The van der Waals surface area contributed by atoms with Gasteiger partial charge in [0.2, 0.25) is 0 Å². The van der Waals surface area contributed by atoms with Crippen LogP contribution in [-0.2, 0) is 17.7 Å².